The van der Waals surface area contributed by atoms with Gasteiger partial charge in [0.2, 0.25) is 5.95 Å². The Morgan fingerprint density at radius 1 is 1.10 bits per heavy atom. The van der Waals surface area contributed by atoms with Gasteiger partial charge in [0.05, 0.1) is 11.3 Å². The monoisotopic (exact) mass is 281 g/mol. The summed E-state index contributed by atoms with van der Waals surface area (Å²) in [5, 5.41) is 2.82. The number of aromatic nitrogens is 2. The highest BCUT2D eigenvalue weighted by Gasteiger charge is 2.30. The van der Waals surface area contributed by atoms with Gasteiger partial charge in [-0.05, 0) is 37.1 Å². The van der Waals surface area contributed by atoms with Crippen molar-refractivity contribution in [2.24, 2.45) is 0 Å². The third-order valence-corrected chi connectivity index (χ3v) is 3.00. The second-order valence-corrected chi connectivity index (χ2v) is 4.50. The molecular weight excluding hydrogens is 267 g/mol. The smallest absolute Gasteiger partial charge is 0.357 e. The van der Waals surface area contributed by atoms with Crippen molar-refractivity contribution in [3.8, 4) is 11.3 Å². The third kappa shape index (κ3) is 2.74. The molecule has 1 heterocycles. The summed E-state index contributed by atoms with van der Waals surface area (Å²) < 4.78 is 38.0. The van der Waals surface area contributed by atoms with Crippen molar-refractivity contribution in [2.45, 2.75) is 20.0 Å². The highest BCUT2D eigenvalue weighted by molar-refractivity contribution is 5.67. The van der Waals surface area contributed by atoms with E-state index in [4.69, 9.17) is 0 Å². The number of hydrogen-bond donors (Lipinski definition) is 1. The Morgan fingerprint density at radius 3 is 2.35 bits per heavy atom. The van der Waals surface area contributed by atoms with Gasteiger partial charge in [-0.25, -0.2) is 9.97 Å². The van der Waals surface area contributed by atoms with Crippen LogP contribution in [0.3, 0.4) is 0 Å². The van der Waals surface area contributed by atoms with Gasteiger partial charge in [0.15, 0.2) is 0 Å². The van der Waals surface area contributed by atoms with Gasteiger partial charge in [-0.15, -0.1) is 0 Å². The topological polar surface area (TPSA) is 37.8 Å². The molecule has 0 aliphatic carbocycles. The van der Waals surface area contributed by atoms with Gasteiger partial charge in [0.25, 0.3) is 0 Å². The molecule has 20 heavy (non-hydrogen) atoms. The van der Waals surface area contributed by atoms with Crippen LogP contribution in [-0.4, -0.2) is 17.0 Å². The third-order valence-electron chi connectivity index (χ3n) is 3.00. The van der Waals surface area contributed by atoms with E-state index in [1.807, 2.05) is 6.92 Å². The lowest BCUT2D eigenvalue weighted by Crippen LogP contribution is -2.06. The van der Waals surface area contributed by atoms with Crippen LogP contribution in [0.4, 0.5) is 19.1 Å². The van der Waals surface area contributed by atoms with E-state index in [1.165, 1.54) is 6.07 Å². The molecule has 0 atom stereocenters. The summed E-state index contributed by atoms with van der Waals surface area (Å²) in [6, 6.07) is 3.66. The summed E-state index contributed by atoms with van der Waals surface area (Å²) in [6.45, 7) is 3.47. The molecule has 0 fully saturated rings. The average molecular weight is 281 g/mol. The number of anilines is 1. The van der Waals surface area contributed by atoms with Crippen LogP contribution in [-0.2, 0) is 6.18 Å². The summed E-state index contributed by atoms with van der Waals surface area (Å²) >= 11 is 0. The Kier molecular flexibility index (Phi) is 3.65. The van der Waals surface area contributed by atoms with Crippen LogP contribution in [0.5, 0.6) is 0 Å². The van der Waals surface area contributed by atoms with E-state index in [-0.39, 0.29) is 0 Å². The Morgan fingerprint density at radius 2 is 1.80 bits per heavy atom. The lowest BCUT2D eigenvalue weighted by atomic mass is 10.00. The molecule has 0 amide bonds. The first-order chi connectivity index (χ1) is 9.32. The minimum atomic E-state index is -4.33. The minimum absolute atomic E-state index is 0.435. The second kappa shape index (κ2) is 5.11. The Hall–Kier alpha value is -2.11. The van der Waals surface area contributed by atoms with Gasteiger partial charge in [-0.3, -0.25) is 0 Å². The number of rotatable bonds is 2. The highest BCUT2D eigenvalue weighted by Crippen LogP contribution is 2.33. The molecule has 0 saturated heterocycles. The molecule has 0 radical (unpaired) electrons. The standard InChI is InChI=1S/C14H14F3N3/c1-8-6-10(14(15,16)17)4-5-11(8)12-9(2)7-19-13(18-3)20-12/h4-7H,1-3H3,(H,18,19,20). The van der Waals surface area contributed by atoms with Crippen LogP contribution in [0, 0.1) is 13.8 Å². The number of hydrogen-bond acceptors (Lipinski definition) is 3. The van der Waals surface area contributed by atoms with Gasteiger partial charge in [-0.2, -0.15) is 13.2 Å². The van der Waals surface area contributed by atoms with Gasteiger partial charge in [-0.1, -0.05) is 6.07 Å². The van der Waals surface area contributed by atoms with E-state index in [0.29, 0.717) is 22.8 Å². The second-order valence-electron chi connectivity index (χ2n) is 4.50. The van der Waals surface area contributed by atoms with Crippen LogP contribution in [0.2, 0.25) is 0 Å². The fourth-order valence-electron chi connectivity index (χ4n) is 1.94. The van der Waals surface area contributed by atoms with Crippen molar-refractivity contribution < 1.29 is 13.2 Å². The van der Waals surface area contributed by atoms with E-state index in [2.05, 4.69) is 15.3 Å². The van der Waals surface area contributed by atoms with Crippen LogP contribution >= 0.6 is 0 Å². The molecule has 2 aromatic rings. The SMILES string of the molecule is CNc1ncc(C)c(-c2ccc(C(F)(F)F)cc2C)n1. The molecule has 3 nitrogen and oxygen atoms in total. The summed E-state index contributed by atoms with van der Waals surface area (Å²) in [5.74, 6) is 0.435. The van der Waals surface area contributed by atoms with E-state index in [9.17, 15) is 13.2 Å². The molecule has 106 valence electrons. The van der Waals surface area contributed by atoms with Gasteiger partial charge in [0, 0.05) is 18.8 Å². The molecule has 1 aromatic heterocycles. The fraction of sp³-hybridized carbons (Fsp3) is 0.286. The molecule has 0 aliphatic rings. The predicted molar refractivity (Wildman–Crippen MR) is 71.5 cm³/mol. The molecule has 0 spiro atoms. The maximum atomic E-state index is 12.7. The van der Waals surface area contributed by atoms with Gasteiger partial charge >= 0.3 is 6.18 Å². The van der Waals surface area contributed by atoms with Crippen LogP contribution in [0.25, 0.3) is 11.3 Å². The number of halogens is 3. The number of aryl methyl sites for hydroxylation is 2. The van der Waals surface area contributed by atoms with Gasteiger partial charge in [0.1, 0.15) is 0 Å². The first kappa shape index (κ1) is 14.3. The van der Waals surface area contributed by atoms with Crippen molar-refractivity contribution in [3.05, 3.63) is 41.1 Å². The van der Waals surface area contributed by atoms with E-state index in [1.54, 1.807) is 20.2 Å². The zero-order chi connectivity index (χ0) is 14.9. The van der Waals surface area contributed by atoms with E-state index in [0.717, 1.165) is 17.7 Å². The molecule has 0 unspecified atom stereocenters. The molecule has 1 aromatic carbocycles. The van der Waals surface area contributed by atoms with Crippen molar-refractivity contribution in [3.63, 3.8) is 0 Å². The molecule has 0 bridgehead atoms. The van der Waals surface area contributed by atoms with E-state index >= 15 is 0 Å². The van der Waals surface area contributed by atoms with Crippen molar-refractivity contribution in [2.75, 3.05) is 12.4 Å². The maximum absolute atomic E-state index is 12.7. The zero-order valence-corrected chi connectivity index (χ0v) is 11.3. The number of benzene rings is 1. The Bertz CT molecular complexity index is 636. The molecule has 0 aliphatic heterocycles. The molecular formula is C14H14F3N3. The molecule has 6 heteroatoms. The quantitative estimate of drug-likeness (QED) is 0.909. The largest absolute Gasteiger partial charge is 0.416 e. The van der Waals surface area contributed by atoms with Crippen LogP contribution in [0.1, 0.15) is 16.7 Å². The first-order valence-corrected chi connectivity index (χ1v) is 6.02. The molecule has 1 N–H and O–H groups in total. The van der Waals surface area contributed by atoms with Crippen molar-refractivity contribution >= 4 is 5.95 Å². The summed E-state index contributed by atoms with van der Waals surface area (Å²) in [6.07, 6.45) is -2.69. The summed E-state index contributed by atoms with van der Waals surface area (Å²) in [5.41, 5.74) is 2.00. The highest BCUT2D eigenvalue weighted by atomic mass is 19.4. The summed E-state index contributed by atoms with van der Waals surface area (Å²) in [4.78, 5) is 8.38. The lowest BCUT2D eigenvalue weighted by molar-refractivity contribution is -0.137. The predicted octanol–water partition coefficient (Wildman–Crippen LogP) is 3.82. The number of nitrogens with zero attached hydrogens (tertiary/aromatic N) is 2. The van der Waals surface area contributed by atoms with Crippen molar-refractivity contribution in [1.29, 1.82) is 0 Å². The van der Waals surface area contributed by atoms with Crippen LogP contribution in [0.15, 0.2) is 24.4 Å². The van der Waals surface area contributed by atoms with Crippen molar-refractivity contribution in [1.82, 2.24) is 9.97 Å². The lowest BCUT2D eigenvalue weighted by Gasteiger charge is -2.12. The van der Waals surface area contributed by atoms with Crippen LogP contribution < -0.4 is 5.32 Å². The Labute approximate surface area is 114 Å². The minimum Gasteiger partial charge on any atom is -0.357 e. The summed E-state index contributed by atoms with van der Waals surface area (Å²) in [7, 11) is 1.69. The fourth-order valence-corrected chi connectivity index (χ4v) is 1.94. The zero-order valence-electron chi connectivity index (χ0n) is 11.3. The Balaban J connectivity index is 2.54. The molecule has 2 rings (SSSR count). The van der Waals surface area contributed by atoms with Gasteiger partial charge < -0.3 is 5.32 Å². The van der Waals surface area contributed by atoms with E-state index < -0.39 is 11.7 Å². The number of nitrogens with one attached hydrogen (secondary N) is 1. The average Bonchev–Trinajstić information content (AvgIpc) is 2.38. The molecule has 0 saturated carbocycles. The first-order valence-electron chi connectivity index (χ1n) is 6.02. The normalized spacial score (nSPS) is 11.5. The number of alkyl halides is 3. The maximum Gasteiger partial charge on any atom is 0.416 e.